The van der Waals surface area contributed by atoms with E-state index in [1.807, 2.05) is 6.92 Å². The molecule has 0 saturated heterocycles. The first-order chi connectivity index (χ1) is 8.97. The third-order valence-electron chi connectivity index (χ3n) is 2.94. The van der Waals surface area contributed by atoms with Crippen molar-refractivity contribution in [2.75, 3.05) is 11.1 Å². The maximum atomic E-state index is 5.94. The Bertz CT molecular complexity index is 575. The predicted octanol–water partition coefficient (Wildman–Crippen LogP) is 3.47. The van der Waals surface area contributed by atoms with E-state index in [1.54, 1.807) is 11.3 Å². The molecule has 0 aromatic carbocycles. The highest BCUT2D eigenvalue weighted by atomic mass is 32.1. The molecule has 102 valence electrons. The summed E-state index contributed by atoms with van der Waals surface area (Å²) in [6, 6.07) is 4.26. The van der Waals surface area contributed by atoms with E-state index in [4.69, 9.17) is 5.73 Å². The van der Waals surface area contributed by atoms with Gasteiger partial charge in [0.25, 0.3) is 0 Å². The summed E-state index contributed by atoms with van der Waals surface area (Å²) in [4.78, 5) is 11.5. The summed E-state index contributed by atoms with van der Waals surface area (Å²) in [6.07, 6.45) is 0. The van der Waals surface area contributed by atoms with E-state index < -0.39 is 0 Å². The highest BCUT2D eigenvalue weighted by molar-refractivity contribution is 7.11. The average Bonchev–Trinajstić information content (AvgIpc) is 2.76. The molecule has 0 aliphatic carbocycles. The first kappa shape index (κ1) is 13.8. The number of anilines is 2. The quantitative estimate of drug-likeness (QED) is 0.897. The zero-order valence-corrected chi connectivity index (χ0v) is 12.6. The molecule has 0 bridgehead atoms. The van der Waals surface area contributed by atoms with Gasteiger partial charge in [-0.1, -0.05) is 13.8 Å². The van der Waals surface area contributed by atoms with E-state index in [-0.39, 0.29) is 5.92 Å². The highest BCUT2D eigenvalue weighted by Crippen LogP contribution is 2.22. The molecule has 5 heteroatoms. The minimum absolute atomic E-state index is 0.271. The minimum atomic E-state index is 0.271. The van der Waals surface area contributed by atoms with Crippen molar-refractivity contribution in [3.8, 4) is 0 Å². The summed E-state index contributed by atoms with van der Waals surface area (Å²) in [7, 11) is 0. The molecule has 2 aromatic heterocycles. The van der Waals surface area contributed by atoms with Gasteiger partial charge >= 0.3 is 0 Å². The number of hydrogen-bond acceptors (Lipinski definition) is 5. The van der Waals surface area contributed by atoms with Gasteiger partial charge in [-0.05, 0) is 26.0 Å². The lowest BCUT2D eigenvalue weighted by molar-refractivity contribution is 0.774. The van der Waals surface area contributed by atoms with Crippen LogP contribution in [-0.4, -0.2) is 9.97 Å². The van der Waals surface area contributed by atoms with Gasteiger partial charge in [0, 0.05) is 21.2 Å². The van der Waals surface area contributed by atoms with E-state index in [2.05, 4.69) is 48.2 Å². The van der Waals surface area contributed by atoms with Crippen LogP contribution in [0.15, 0.2) is 12.1 Å². The monoisotopic (exact) mass is 276 g/mol. The molecule has 19 heavy (non-hydrogen) atoms. The van der Waals surface area contributed by atoms with Gasteiger partial charge in [0.2, 0.25) is 0 Å². The van der Waals surface area contributed by atoms with Gasteiger partial charge in [-0.25, -0.2) is 9.97 Å². The Morgan fingerprint density at radius 1 is 1.26 bits per heavy atom. The summed E-state index contributed by atoms with van der Waals surface area (Å²) >= 11 is 1.79. The van der Waals surface area contributed by atoms with Crippen LogP contribution in [0.2, 0.25) is 0 Å². The number of nitrogen functional groups attached to an aromatic ring is 1. The number of nitrogens with two attached hydrogens (primary N) is 1. The molecule has 2 rings (SSSR count). The van der Waals surface area contributed by atoms with Gasteiger partial charge in [-0.3, -0.25) is 0 Å². The van der Waals surface area contributed by atoms with E-state index in [0.29, 0.717) is 5.82 Å². The fraction of sp³-hybridized carbons (Fsp3) is 0.429. The molecule has 0 saturated carbocycles. The molecule has 0 atom stereocenters. The standard InChI is InChI=1S/C14H20N4S/c1-8(2)13-17-12(15)10(4)14(18-13)16-7-11-6-5-9(3)19-11/h5-6,8H,7H2,1-4H3,(H3,15,16,17,18). The number of rotatable bonds is 4. The molecule has 0 unspecified atom stereocenters. The second kappa shape index (κ2) is 5.57. The lowest BCUT2D eigenvalue weighted by Crippen LogP contribution is -2.10. The zero-order valence-electron chi connectivity index (χ0n) is 11.8. The van der Waals surface area contributed by atoms with Gasteiger partial charge in [-0.2, -0.15) is 0 Å². The summed E-state index contributed by atoms with van der Waals surface area (Å²) in [5, 5.41) is 3.36. The third kappa shape index (κ3) is 3.23. The van der Waals surface area contributed by atoms with Crippen LogP contribution >= 0.6 is 11.3 Å². The third-order valence-corrected chi connectivity index (χ3v) is 3.94. The Balaban J connectivity index is 2.19. The van der Waals surface area contributed by atoms with E-state index >= 15 is 0 Å². The molecule has 0 amide bonds. The van der Waals surface area contributed by atoms with Crippen molar-refractivity contribution in [2.45, 2.75) is 40.2 Å². The lowest BCUT2D eigenvalue weighted by atomic mass is 10.2. The van der Waals surface area contributed by atoms with Crippen LogP contribution in [0.1, 0.15) is 40.9 Å². The topological polar surface area (TPSA) is 63.8 Å². The van der Waals surface area contributed by atoms with Crippen LogP contribution in [0.3, 0.4) is 0 Å². The largest absolute Gasteiger partial charge is 0.383 e. The normalized spacial score (nSPS) is 11.0. The van der Waals surface area contributed by atoms with Crippen molar-refractivity contribution in [1.29, 1.82) is 0 Å². The Hall–Kier alpha value is -1.62. The smallest absolute Gasteiger partial charge is 0.135 e. The first-order valence-electron chi connectivity index (χ1n) is 6.40. The summed E-state index contributed by atoms with van der Waals surface area (Å²) in [5.74, 6) is 2.45. The Kier molecular flexibility index (Phi) is 4.04. The van der Waals surface area contributed by atoms with Crippen LogP contribution in [0, 0.1) is 13.8 Å². The van der Waals surface area contributed by atoms with Crippen LogP contribution < -0.4 is 11.1 Å². The number of nitrogens with one attached hydrogen (secondary N) is 1. The van der Waals surface area contributed by atoms with Crippen molar-refractivity contribution < 1.29 is 0 Å². The second-order valence-electron chi connectivity index (χ2n) is 4.96. The summed E-state index contributed by atoms with van der Waals surface area (Å²) in [6.45, 7) is 8.96. The molecule has 0 aliphatic rings. The SMILES string of the molecule is Cc1ccc(CNc2nc(C(C)C)nc(N)c2C)s1. The molecule has 0 spiro atoms. The van der Waals surface area contributed by atoms with Crippen molar-refractivity contribution in [2.24, 2.45) is 0 Å². The molecular weight excluding hydrogens is 256 g/mol. The molecule has 4 nitrogen and oxygen atoms in total. The van der Waals surface area contributed by atoms with Gasteiger partial charge < -0.3 is 11.1 Å². The van der Waals surface area contributed by atoms with Crippen molar-refractivity contribution >= 4 is 23.0 Å². The fourth-order valence-electron chi connectivity index (χ4n) is 1.73. The maximum Gasteiger partial charge on any atom is 0.135 e. The number of aromatic nitrogens is 2. The fourth-order valence-corrected chi connectivity index (χ4v) is 2.56. The number of thiophene rings is 1. The van der Waals surface area contributed by atoms with E-state index in [1.165, 1.54) is 9.75 Å². The van der Waals surface area contributed by atoms with Crippen molar-refractivity contribution in [1.82, 2.24) is 9.97 Å². The van der Waals surface area contributed by atoms with Crippen molar-refractivity contribution in [3.05, 3.63) is 33.3 Å². The molecule has 3 N–H and O–H groups in total. The van der Waals surface area contributed by atoms with Gasteiger partial charge in [0.15, 0.2) is 0 Å². The second-order valence-corrected chi connectivity index (χ2v) is 6.33. The van der Waals surface area contributed by atoms with E-state index in [9.17, 15) is 0 Å². The van der Waals surface area contributed by atoms with Gasteiger partial charge in [0.1, 0.15) is 17.5 Å². The maximum absolute atomic E-state index is 5.94. The number of nitrogens with zero attached hydrogens (tertiary/aromatic N) is 2. The van der Waals surface area contributed by atoms with Gasteiger partial charge in [0.05, 0.1) is 6.54 Å². The molecule has 0 radical (unpaired) electrons. The Morgan fingerprint density at radius 3 is 2.58 bits per heavy atom. The average molecular weight is 276 g/mol. The minimum Gasteiger partial charge on any atom is -0.383 e. The van der Waals surface area contributed by atoms with Gasteiger partial charge in [-0.15, -0.1) is 11.3 Å². The van der Waals surface area contributed by atoms with Crippen LogP contribution in [-0.2, 0) is 6.54 Å². The molecule has 0 aliphatic heterocycles. The zero-order chi connectivity index (χ0) is 14.0. The van der Waals surface area contributed by atoms with E-state index in [0.717, 1.165) is 23.8 Å². The number of hydrogen-bond donors (Lipinski definition) is 2. The highest BCUT2D eigenvalue weighted by Gasteiger charge is 2.11. The molecule has 2 heterocycles. The lowest BCUT2D eigenvalue weighted by Gasteiger charge is -2.13. The first-order valence-corrected chi connectivity index (χ1v) is 7.22. The Labute approximate surface area is 118 Å². The predicted molar refractivity (Wildman–Crippen MR) is 81.7 cm³/mol. The van der Waals surface area contributed by atoms with Crippen LogP contribution in [0.5, 0.6) is 0 Å². The van der Waals surface area contributed by atoms with Crippen molar-refractivity contribution in [3.63, 3.8) is 0 Å². The molecular formula is C14H20N4S. The summed E-state index contributed by atoms with van der Waals surface area (Å²) < 4.78 is 0. The summed E-state index contributed by atoms with van der Waals surface area (Å²) in [5.41, 5.74) is 6.86. The Morgan fingerprint density at radius 2 is 2.00 bits per heavy atom. The number of aryl methyl sites for hydroxylation is 1. The van der Waals surface area contributed by atoms with Crippen LogP contribution in [0.25, 0.3) is 0 Å². The van der Waals surface area contributed by atoms with Crippen LogP contribution in [0.4, 0.5) is 11.6 Å². The molecule has 2 aromatic rings. The molecule has 0 fully saturated rings.